The topological polar surface area (TPSA) is 63.7 Å². The molecule has 164 valence electrons. The Morgan fingerprint density at radius 2 is 1.62 bits per heavy atom. The maximum Gasteiger partial charge on any atom is 0.343 e. The van der Waals surface area contributed by atoms with Crippen LogP contribution in [0.3, 0.4) is 0 Å². The first-order chi connectivity index (χ1) is 15.3. The van der Waals surface area contributed by atoms with E-state index in [2.05, 4.69) is 32.9 Å². The highest BCUT2D eigenvalue weighted by Crippen LogP contribution is 2.53. The van der Waals surface area contributed by atoms with Gasteiger partial charge in [0.05, 0.1) is 23.1 Å². The lowest BCUT2D eigenvalue weighted by atomic mass is 9.82. The third-order valence-electron chi connectivity index (χ3n) is 7.54. The van der Waals surface area contributed by atoms with Crippen molar-refractivity contribution in [3.63, 3.8) is 0 Å². The van der Waals surface area contributed by atoms with Gasteiger partial charge in [-0.2, -0.15) is 0 Å². The van der Waals surface area contributed by atoms with Gasteiger partial charge in [-0.1, -0.05) is 51.1 Å². The van der Waals surface area contributed by atoms with Crippen molar-refractivity contribution in [3.8, 4) is 5.75 Å². The molecule has 5 heteroatoms. The molecule has 1 saturated heterocycles. The smallest absolute Gasteiger partial charge is 0.343 e. The van der Waals surface area contributed by atoms with E-state index in [9.17, 15) is 14.4 Å². The molecule has 2 aromatic carbocycles. The van der Waals surface area contributed by atoms with Gasteiger partial charge < -0.3 is 4.74 Å². The summed E-state index contributed by atoms with van der Waals surface area (Å²) in [4.78, 5) is 40.1. The molecule has 3 aliphatic rings. The molecule has 5 rings (SSSR count). The lowest BCUT2D eigenvalue weighted by molar-refractivity contribution is -0.123. The molecule has 1 saturated carbocycles. The van der Waals surface area contributed by atoms with E-state index in [1.54, 1.807) is 36.4 Å². The molecule has 2 amide bonds. The Hall–Kier alpha value is -3.21. The Morgan fingerprint density at radius 3 is 2.22 bits per heavy atom. The molecule has 0 radical (unpaired) electrons. The highest BCUT2D eigenvalue weighted by molar-refractivity contribution is 6.23. The largest absolute Gasteiger partial charge is 0.423 e. The van der Waals surface area contributed by atoms with E-state index in [1.165, 1.54) is 10.5 Å². The highest BCUT2D eigenvalue weighted by atomic mass is 16.5. The number of carbonyl (C=O) groups excluding carboxylic acids is 3. The van der Waals surface area contributed by atoms with Gasteiger partial charge in [-0.3, -0.25) is 9.59 Å². The van der Waals surface area contributed by atoms with Gasteiger partial charge in [0.15, 0.2) is 0 Å². The van der Waals surface area contributed by atoms with Crippen molar-refractivity contribution in [2.24, 2.45) is 23.7 Å². The Bertz CT molecular complexity index is 1100. The minimum Gasteiger partial charge on any atom is -0.423 e. The predicted octanol–water partition coefficient (Wildman–Crippen LogP) is 4.90. The fourth-order valence-corrected chi connectivity index (χ4v) is 5.27. The third-order valence-corrected chi connectivity index (χ3v) is 7.54. The van der Waals surface area contributed by atoms with Gasteiger partial charge in [0.25, 0.3) is 0 Å². The van der Waals surface area contributed by atoms with Gasteiger partial charge in [0.2, 0.25) is 11.8 Å². The summed E-state index contributed by atoms with van der Waals surface area (Å²) < 4.78 is 5.55. The van der Waals surface area contributed by atoms with Crippen molar-refractivity contribution in [1.29, 1.82) is 0 Å². The fourth-order valence-electron chi connectivity index (χ4n) is 5.27. The van der Waals surface area contributed by atoms with Crippen LogP contribution in [0.25, 0.3) is 0 Å². The summed E-state index contributed by atoms with van der Waals surface area (Å²) in [6.45, 7) is 6.50. The van der Waals surface area contributed by atoms with Crippen LogP contribution in [0.2, 0.25) is 0 Å². The summed E-state index contributed by atoms with van der Waals surface area (Å²) in [6, 6.07) is 14.1. The van der Waals surface area contributed by atoms with Crippen molar-refractivity contribution in [1.82, 2.24) is 0 Å². The number of esters is 1. The van der Waals surface area contributed by atoms with Crippen molar-refractivity contribution < 1.29 is 19.1 Å². The van der Waals surface area contributed by atoms with Crippen molar-refractivity contribution in [2.45, 2.75) is 39.0 Å². The maximum atomic E-state index is 13.1. The van der Waals surface area contributed by atoms with Crippen LogP contribution in [0.5, 0.6) is 5.75 Å². The zero-order valence-electron chi connectivity index (χ0n) is 18.6. The highest BCUT2D eigenvalue weighted by Gasteiger charge is 2.59. The number of benzene rings is 2. The normalized spacial score (nSPS) is 26.0. The predicted molar refractivity (Wildman–Crippen MR) is 121 cm³/mol. The lowest BCUT2D eigenvalue weighted by Crippen LogP contribution is -2.33. The standard InChI is InChI=1S/C27H27NO4/c1-4-27(2,3)19-10-12-21(13-11-19)32-26(31)18-6-5-7-20(15-18)28-24(29)22-16-8-9-17(14-16)23(22)25(28)30/h5-13,15-17,22-23H,4,14H2,1-3H3. The van der Waals surface area contributed by atoms with Gasteiger partial charge in [0.1, 0.15) is 5.75 Å². The van der Waals surface area contributed by atoms with E-state index < -0.39 is 5.97 Å². The van der Waals surface area contributed by atoms with E-state index >= 15 is 0 Å². The van der Waals surface area contributed by atoms with Crippen LogP contribution in [-0.2, 0) is 15.0 Å². The summed E-state index contributed by atoms with van der Waals surface area (Å²) in [5.41, 5.74) is 1.98. The zero-order valence-corrected chi connectivity index (χ0v) is 18.6. The molecular formula is C27H27NO4. The molecule has 0 aromatic heterocycles. The number of rotatable bonds is 5. The van der Waals surface area contributed by atoms with Crippen molar-refractivity contribution in [3.05, 3.63) is 71.8 Å². The van der Waals surface area contributed by atoms with E-state index in [0.29, 0.717) is 17.0 Å². The second-order valence-electron chi connectivity index (χ2n) is 9.71. The first-order valence-corrected chi connectivity index (χ1v) is 11.3. The molecule has 2 aromatic rings. The molecule has 4 unspecified atom stereocenters. The number of imide groups is 1. The molecule has 32 heavy (non-hydrogen) atoms. The Balaban J connectivity index is 1.34. The number of hydrogen-bond donors (Lipinski definition) is 0. The number of amides is 2. The quantitative estimate of drug-likeness (QED) is 0.293. The first kappa shape index (κ1) is 20.7. The van der Waals surface area contributed by atoms with Crippen LogP contribution in [0.15, 0.2) is 60.7 Å². The molecule has 1 heterocycles. The SMILES string of the molecule is CCC(C)(C)c1ccc(OC(=O)c2cccc(N3C(=O)C4C5C=CC(C5)C4C3=O)c2)cc1. The minimum atomic E-state index is -0.518. The van der Waals surface area contributed by atoms with Crippen LogP contribution in [0.4, 0.5) is 5.69 Å². The average molecular weight is 430 g/mol. The molecular weight excluding hydrogens is 402 g/mol. The molecule has 4 atom stereocenters. The summed E-state index contributed by atoms with van der Waals surface area (Å²) in [7, 11) is 0. The van der Waals surface area contributed by atoms with Gasteiger partial charge in [-0.15, -0.1) is 0 Å². The Labute approximate surface area is 188 Å². The molecule has 2 aliphatic carbocycles. The van der Waals surface area contributed by atoms with Gasteiger partial charge in [-0.05, 0) is 66.0 Å². The number of ether oxygens (including phenoxy) is 1. The van der Waals surface area contributed by atoms with Gasteiger partial charge in [-0.25, -0.2) is 9.69 Å². The van der Waals surface area contributed by atoms with E-state index in [1.807, 2.05) is 12.1 Å². The number of hydrogen-bond acceptors (Lipinski definition) is 4. The monoisotopic (exact) mass is 429 g/mol. The second-order valence-corrected chi connectivity index (χ2v) is 9.71. The zero-order chi connectivity index (χ0) is 22.6. The van der Waals surface area contributed by atoms with E-state index in [4.69, 9.17) is 4.74 Å². The maximum absolute atomic E-state index is 13.1. The minimum absolute atomic E-state index is 0.0545. The van der Waals surface area contributed by atoms with E-state index in [-0.39, 0.29) is 40.9 Å². The number of fused-ring (bicyclic) bond motifs is 5. The van der Waals surface area contributed by atoms with Crippen LogP contribution in [0, 0.1) is 23.7 Å². The summed E-state index contributed by atoms with van der Waals surface area (Å²) in [5, 5.41) is 0. The fraction of sp³-hybridized carbons (Fsp3) is 0.370. The van der Waals surface area contributed by atoms with Crippen molar-refractivity contribution >= 4 is 23.5 Å². The number of nitrogens with zero attached hydrogens (tertiary/aromatic N) is 1. The van der Waals surface area contributed by atoms with Gasteiger partial charge >= 0.3 is 5.97 Å². The number of carbonyl (C=O) groups is 3. The summed E-state index contributed by atoms with van der Waals surface area (Å²) >= 11 is 0. The Kier molecular flexibility index (Phi) is 4.81. The molecule has 0 spiro atoms. The average Bonchev–Trinajstić information content (AvgIpc) is 3.48. The molecule has 2 fully saturated rings. The number of anilines is 1. The molecule has 2 bridgehead atoms. The van der Waals surface area contributed by atoms with Crippen LogP contribution in [0.1, 0.15) is 49.5 Å². The third kappa shape index (κ3) is 3.19. The molecule has 1 aliphatic heterocycles. The lowest BCUT2D eigenvalue weighted by Gasteiger charge is -2.23. The Morgan fingerprint density at radius 1 is 1.00 bits per heavy atom. The van der Waals surface area contributed by atoms with Crippen LogP contribution in [-0.4, -0.2) is 17.8 Å². The second kappa shape index (κ2) is 7.44. The van der Waals surface area contributed by atoms with Crippen molar-refractivity contribution in [2.75, 3.05) is 4.90 Å². The molecule has 5 nitrogen and oxygen atoms in total. The number of allylic oxidation sites excluding steroid dienone is 2. The first-order valence-electron chi connectivity index (χ1n) is 11.3. The summed E-state index contributed by atoms with van der Waals surface area (Å²) in [5.74, 6) is -0.594. The van der Waals surface area contributed by atoms with Crippen LogP contribution >= 0.6 is 0 Å². The van der Waals surface area contributed by atoms with E-state index in [0.717, 1.165) is 12.8 Å². The van der Waals surface area contributed by atoms with Crippen LogP contribution < -0.4 is 9.64 Å². The molecule has 0 N–H and O–H groups in total. The summed E-state index contributed by atoms with van der Waals surface area (Å²) in [6.07, 6.45) is 6.04. The van der Waals surface area contributed by atoms with Gasteiger partial charge in [0, 0.05) is 0 Å².